The van der Waals surface area contributed by atoms with Gasteiger partial charge >= 0.3 is 6.03 Å². The van der Waals surface area contributed by atoms with Gasteiger partial charge in [0.2, 0.25) is 0 Å². The molecule has 0 atom stereocenters. The molecule has 1 saturated heterocycles. The molecular weight excluding hydrogens is 445 g/mol. The third-order valence-corrected chi connectivity index (χ3v) is 6.69. The minimum absolute atomic E-state index is 0.112. The van der Waals surface area contributed by atoms with Gasteiger partial charge < -0.3 is 4.90 Å². The first-order valence-electron chi connectivity index (χ1n) is 11.7. The number of fused-ring (bicyclic) bond motifs is 1. The highest BCUT2D eigenvalue weighted by molar-refractivity contribution is 6.39. The van der Waals surface area contributed by atoms with Crippen molar-refractivity contribution in [2.75, 3.05) is 16.3 Å². The Balaban J connectivity index is 1.79. The standard InChI is InChI=1S/C28H30FN3O3/c1-7-10-31-24-14-23(29)19(12-21(24)18(4)15-28(31,5)6)13-22-25(33)30-27(35)32(26(22)34)20-9-8-16(2)17(3)11-20/h8-9,11-15H,7,10H2,1-6H3,(H,30,33,35)/b22-13-. The van der Waals surface area contributed by atoms with E-state index < -0.39 is 23.7 Å². The lowest BCUT2D eigenvalue weighted by Crippen LogP contribution is -2.54. The first-order chi connectivity index (χ1) is 16.4. The van der Waals surface area contributed by atoms with Crippen LogP contribution in [0.3, 0.4) is 0 Å². The number of allylic oxidation sites excluding steroid dienone is 1. The second kappa shape index (κ2) is 8.80. The monoisotopic (exact) mass is 475 g/mol. The highest BCUT2D eigenvalue weighted by atomic mass is 19.1. The number of hydrogen-bond donors (Lipinski definition) is 1. The van der Waals surface area contributed by atoms with E-state index >= 15 is 4.39 Å². The van der Waals surface area contributed by atoms with Gasteiger partial charge in [-0.2, -0.15) is 0 Å². The largest absolute Gasteiger partial charge is 0.362 e. The Labute approximate surface area is 205 Å². The van der Waals surface area contributed by atoms with E-state index in [2.05, 4.69) is 37.1 Å². The molecule has 4 amide bonds. The lowest BCUT2D eigenvalue weighted by molar-refractivity contribution is -0.122. The molecule has 0 unspecified atom stereocenters. The summed E-state index contributed by atoms with van der Waals surface area (Å²) in [7, 11) is 0. The number of urea groups is 1. The summed E-state index contributed by atoms with van der Waals surface area (Å²) in [6.07, 6.45) is 4.27. The molecule has 0 radical (unpaired) electrons. The molecule has 6 nitrogen and oxygen atoms in total. The van der Waals surface area contributed by atoms with Gasteiger partial charge in [-0.15, -0.1) is 0 Å². The summed E-state index contributed by atoms with van der Waals surface area (Å²) in [5, 5.41) is 2.20. The maximum absolute atomic E-state index is 15.4. The third-order valence-electron chi connectivity index (χ3n) is 6.69. The zero-order chi connectivity index (χ0) is 25.7. The number of aryl methyl sites for hydroxylation is 2. The van der Waals surface area contributed by atoms with Gasteiger partial charge in [0.25, 0.3) is 11.8 Å². The lowest BCUT2D eigenvalue weighted by Gasteiger charge is -2.43. The zero-order valence-electron chi connectivity index (χ0n) is 21.0. The SMILES string of the molecule is CCCN1c2cc(F)c(/C=C3/C(=O)NC(=O)N(c4ccc(C)c(C)c4)C3=O)cc2C(C)=CC1(C)C. The predicted molar refractivity (Wildman–Crippen MR) is 137 cm³/mol. The van der Waals surface area contributed by atoms with Crippen molar-refractivity contribution in [1.29, 1.82) is 0 Å². The quantitative estimate of drug-likeness (QED) is 0.467. The van der Waals surface area contributed by atoms with Gasteiger partial charge in [0.1, 0.15) is 11.4 Å². The number of carbonyl (C=O) groups is 3. The smallest absolute Gasteiger partial charge is 0.335 e. The van der Waals surface area contributed by atoms with E-state index in [1.54, 1.807) is 24.3 Å². The van der Waals surface area contributed by atoms with Gasteiger partial charge in [-0.3, -0.25) is 14.9 Å². The molecule has 0 saturated carbocycles. The predicted octanol–water partition coefficient (Wildman–Crippen LogP) is 5.52. The summed E-state index contributed by atoms with van der Waals surface area (Å²) in [5.74, 6) is -2.18. The van der Waals surface area contributed by atoms with Crippen molar-refractivity contribution in [3.63, 3.8) is 0 Å². The molecule has 0 spiro atoms. The number of benzene rings is 2. The van der Waals surface area contributed by atoms with E-state index in [0.29, 0.717) is 5.69 Å². The van der Waals surface area contributed by atoms with Crippen LogP contribution >= 0.6 is 0 Å². The van der Waals surface area contributed by atoms with Crippen LogP contribution < -0.4 is 15.1 Å². The van der Waals surface area contributed by atoms with Crippen LogP contribution in [0.15, 0.2) is 42.0 Å². The Morgan fingerprint density at radius 2 is 1.74 bits per heavy atom. The molecule has 7 heteroatoms. The Morgan fingerprint density at radius 1 is 1.03 bits per heavy atom. The number of nitrogens with one attached hydrogen (secondary N) is 1. The van der Waals surface area contributed by atoms with Crippen LogP contribution in [0.25, 0.3) is 11.6 Å². The molecule has 0 aromatic heterocycles. The van der Waals surface area contributed by atoms with Gasteiger partial charge in [0.15, 0.2) is 0 Å². The van der Waals surface area contributed by atoms with E-state index in [0.717, 1.165) is 45.8 Å². The normalized spacial score (nSPS) is 18.5. The van der Waals surface area contributed by atoms with E-state index in [1.165, 1.54) is 12.1 Å². The first-order valence-corrected chi connectivity index (χ1v) is 11.7. The van der Waals surface area contributed by atoms with Crippen molar-refractivity contribution < 1.29 is 18.8 Å². The molecule has 1 N–H and O–H groups in total. The number of barbiturate groups is 1. The molecular formula is C28H30FN3O3. The molecule has 182 valence electrons. The highest BCUT2D eigenvalue weighted by Gasteiger charge is 2.37. The number of rotatable bonds is 4. The molecule has 35 heavy (non-hydrogen) atoms. The minimum Gasteiger partial charge on any atom is -0.362 e. The summed E-state index contributed by atoms with van der Waals surface area (Å²) in [6.45, 7) is 12.8. The Kier molecular flexibility index (Phi) is 6.13. The Bertz CT molecular complexity index is 1320. The second-order valence-electron chi connectivity index (χ2n) is 9.75. The van der Waals surface area contributed by atoms with Crippen LogP contribution in [0.4, 0.5) is 20.6 Å². The van der Waals surface area contributed by atoms with Crippen LogP contribution in [-0.4, -0.2) is 29.9 Å². The van der Waals surface area contributed by atoms with Gasteiger partial charge in [-0.05, 0) is 88.1 Å². The summed E-state index contributed by atoms with van der Waals surface area (Å²) in [4.78, 5) is 41.5. The Morgan fingerprint density at radius 3 is 2.40 bits per heavy atom. The number of imide groups is 2. The number of amides is 4. The van der Waals surface area contributed by atoms with Crippen LogP contribution in [0.1, 0.15) is 56.4 Å². The molecule has 2 aromatic carbocycles. The summed E-state index contributed by atoms with van der Waals surface area (Å²) in [5.41, 5.74) is 4.40. The molecule has 0 bridgehead atoms. The molecule has 0 aliphatic carbocycles. The Hall–Kier alpha value is -3.74. The lowest BCUT2D eigenvalue weighted by atomic mass is 9.87. The van der Waals surface area contributed by atoms with E-state index in [4.69, 9.17) is 0 Å². The number of hydrogen-bond acceptors (Lipinski definition) is 4. The van der Waals surface area contributed by atoms with Crippen molar-refractivity contribution in [3.8, 4) is 0 Å². The maximum Gasteiger partial charge on any atom is 0.335 e. The van der Waals surface area contributed by atoms with Crippen molar-refractivity contribution >= 4 is 40.9 Å². The molecule has 4 rings (SSSR count). The summed E-state index contributed by atoms with van der Waals surface area (Å²) in [6, 6.07) is 7.45. The van der Waals surface area contributed by atoms with Gasteiger partial charge in [0.05, 0.1) is 11.2 Å². The fraction of sp³-hybridized carbons (Fsp3) is 0.321. The fourth-order valence-corrected chi connectivity index (χ4v) is 4.77. The van der Waals surface area contributed by atoms with Gasteiger partial charge in [0, 0.05) is 23.4 Å². The molecule has 2 aliphatic heterocycles. The maximum atomic E-state index is 15.4. The molecule has 2 aliphatic rings. The minimum atomic E-state index is -0.849. The van der Waals surface area contributed by atoms with Crippen LogP contribution in [0, 0.1) is 19.7 Å². The van der Waals surface area contributed by atoms with Crippen molar-refractivity contribution in [3.05, 3.63) is 70.1 Å². The number of carbonyl (C=O) groups excluding carboxylic acids is 3. The highest BCUT2D eigenvalue weighted by Crippen LogP contribution is 2.40. The van der Waals surface area contributed by atoms with E-state index in [-0.39, 0.29) is 16.7 Å². The second-order valence-corrected chi connectivity index (χ2v) is 9.75. The first kappa shape index (κ1) is 24.4. The average molecular weight is 476 g/mol. The number of nitrogens with zero attached hydrogens (tertiary/aromatic N) is 2. The third kappa shape index (κ3) is 4.27. The summed E-state index contributed by atoms with van der Waals surface area (Å²) >= 11 is 0. The summed E-state index contributed by atoms with van der Waals surface area (Å²) < 4.78 is 15.4. The van der Waals surface area contributed by atoms with Crippen molar-refractivity contribution in [2.45, 2.75) is 53.5 Å². The van der Waals surface area contributed by atoms with E-state index in [9.17, 15) is 14.4 Å². The molecule has 1 fully saturated rings. The van der Waals surface area contributed by atoms with Crippen LogP contribution in [0.2, 0.25) is 0 Å². The average Bonchev–Trinajstić information content (AvgIpc) is 2.76. The van der Waals surface area contributed by atoms with Crippen LogP contribution in [-0.2, 0) is 9.59 Å². The number of halogens is 1. The van der Waals surface area contributed by atoms with Crippen molar-refractivity contribution in [2.24, 2.45) is 0 Å². The topological polar surface area (TPSA) is 69.7 Å². The van der Waals surface area contributed by atoms with Gasteiger partial charge in [-0.1, -0.05) is 19.1 Å². The number of anilines is 2. The van der Waals surface area contributed by atoms with Crippen LogP contribution in [0.5, 0.6) is 0 Å². The van der Waals surface area contributed by atoms with Crippen molar-refractivity contribution in [1.82, 2.24) is 5.32 Å². The molecule has 2 aromatic rings. The van der Waals surface area contributed by atoms with Gasteiger partial charge in [-0.25, -0.2) is 14.1 Å². The van der Waals surface area contributed by atoms with E-state index in [1.807, 2.05) is 20.8 Å². The fourth-order valence-electron chi connectivity index (χ4n) is 4.77. The molecule has 2 heterocycles. The zero-order valence-corrected chi connectivity index (χ0v) is 21.0.